The molecule has 3 amide bonds. The van der Waals surface area contributed by atoms with E-state index in [-0.39, 0.29) is 25.0 Å². The molecule has 0 saturated heterocycles. The molecule has 0 aliphatic carbocycles. The molecule has 0 heterocycles. The maximum atomic E-state index is 13.1. The number of methoxy groups -OCH3 is 1. The maximum Gasteiger partial charge on any atom is 0.257 e. The Morgan fingerprint density at radius 1 is 1.03 bits per heavy atom. The van der Waals surface area contributed by atoms with Gasteiger partial charge in [0.05, 0.1) is 17.8 Å². The highest BCUT2D eigenvalue weighted by Crippen LogP contribution is 2.29. The van der Waals surface area contributed by atoms with Gasteiger partial charge in [-0.05, 0) is 42.8 Å². The Kier molecular flexibility index (Phi) is 9.61. The zero-order valence-corrected chi connectivity index (χ0v) is 19.5. The van der Waals surface area contributed by atoms with Gasteiger partial charge in [0.2, 0.25) is 5.91 Å². The second kappa shape index (κ2) is 12.2. The van der Waals surface area contributed by atoms with Crippen LogP contribution in [0.1, 0.15) is 23.7 Å². The summed E-state index contributed by atoms with van der Waals surface area (Å²) in [4.78, 5) is 38.4. The number of nitrogens with zero attached hydrogens (tertiary/aromatic N) is 1. The number of hydrogen-bond acceptors (Lipinski definition) is 5. The van der Waals surface area contributed by atoms with Crippen LogP contribution < -0.4 is 20.1 Å². The fourth-order valence-electron chi connectivity index (χ4n) is 2.79. The first-order valence-corrected chi connectivity index (χ1v) is 10.6. The van der Waals surface area contributed by atoms with E-state index in [2.05, 4.69) is 10.6 Å². The van der Waals surface area contributed by atoms with Crippen LogP contribution in [-0.2, 0) is 9.59 Å². The smallest absolute Gasteiger partial charge is 0.257 e. The quantitative estimate of drug-likeness (QED) is 0.539. The van der Waals surface area contributed by atoms with Gasteiger partial charge in [-0.25, -0.2) is 0 Å². The minimum atomic E-state index is -0.395. The summed E-state index contributed by atoms with van der Waals surface area (Å²) >= 11 is 12.0. The van der Waals surface area contributed by atoms with Crippen LogP contribution in [0.25, 0.3) is 0 Å². The standard InChI is InChI=1S/C22H25Cl2N3O5/c1-4-9-27(12-20(28)26-17-7-6-15(23)11-16(17)24)22(30)14-5-8-18(19(10-14)31-3)32-13-21(29)25-2/h5-8,10-11H,4,9,12-13H2,1-3H3,(H,25,29)(H,26,28). The van der Waals surface area contributed by atoms with E-state index in [1.807, 2.05) is 6.92 Å². The van der Waals surface area contributed by atoms with Gasteiger partial charge in [-0.3, -0.25) is 14.4 Å². The number of nitrogens with one attached hydrogen (secondary N) is 2. The lowest BCUT2D eigenvalue weighted by Crippen LogP contribution is -2.38. The molecule has 0 saturated carbocycles. The number of amides is 3. The molecule has 8 nitrogen and oxygen atoms in total. The summed E-state index contributed by atoms with van der Waals surface area (Å²) in [7, 11) is 2.94. The molecule has 0 bridgehead atoms. The first-order chi connectivity index (χ1) is 15.3. The van der Waals surface area contributed by atoms with E-state index < -0.39 is 5.91 Å². The zero-order valence-electron chi connectivity index (χ0n) is 18.0. The van der Waals surface area contributed by atoms with E-state index in [4.69, 9.17) is 32.7 Å². The number of likely N-dealkylation sites (N-methyl/N-ethyl adjacent to an activating group) is 1. The summed E-state index contributed by atoms with van der Waals surface area (Å²) in [6.07, 6.45) is 0.658. The third-order valence-corrected chi connectivity index (χ3v) is 4.92. The predicted octanol–water partition coefficient (Wildman–Crippen LogP) is 3.62. The molecule has 10 heteroatoms. The van der Waals surface area contributed by atoms with Gasteiger partial charge in [0.25, 0.3) is 11.8 Å². The lowest BCUT2D eigenvalue weighted by molar-refractivity contribution is -0.122. The highest BCUT2D eigenvalue weighted by molar-refractivity contribution is 6.36. The topological polar surface area (TPSA) is 97.0 Å². The second-order valence-electron chi connectivity index (χ2n) is 6.73. The largest absolute Gasteiger partial charge is 0.493 e. The van der Waals surface area contributed by atoms with Crippen LogP contribution in [0, 0.1) is 0 Å². The number of halogens is 2. The van der Waals surface area contributed by atoms with Crippen molar-refractivity contribution < 1.29 is 23.9 Å². The van der Waals surface area contributed by atoms with Crippen LogP contribution >= 0.6 is 23.2 Å². The molecule has 0 aliphatic rings. The van der Waals surface area contributed by atoms with Gasteiger partial charge in [0, 0.05) is 24.2 Å². The molecule has 2 aromatic carbocycles. The monoisotopic (exact) mass is 481 g/mol. The number of anilines is 1. The molecule has 0 atom stereocenters. The van der Waals surface area contributed by atoms with Gasteiger partial charge in [-0.1, -0.05) is 30.1 Å². The van der Waals surface area contributed by atoms with E-state index in [1.54, 1.807) is 24.3 Å². The van der Waals surface area contributed by atoms with Gasteiger partial charge in [0.15, 0.2) is 18.1 Å². The Morgan fingerprint density at radius 3 is 2.41 bits per heavy atom. The molecule has 32 heavy (non-hydrogen) atoms. The van der Waals surface area contributed by atoms with Crippen molar-refractivity contribution in [3.05, 3.63) is 52.0 Å². The van der Waals surface area contributed by atoms with Crippen LogP contribution in [0.15, 0.2) is 36.4 Å². The number of carbonyl (C=O) groups excluding carboxylic acids is 3. The third-order valence-electron chi connectivity index (χ3n) is 4.37. The van der Waals surface area contributed by atoms with Gasteiger partial charge >= 0.3 is 0 Å². The van der Waals surface area contributed by atoms with Crippen molar-refractivity contribution in [1.82, 2.24) is 10.2 Å². The Hall–Kier alpha value is -2.97. The average molecular weight is 482 g/mol. The molecular formula is C22H25Cl2N3O5. The molecule has 0 unspecified atom stereocenters. The van der Waals surface area contributed by atoms with Crippen molar-refractivity contribution in [2.24, 2.45) is 0 Å². The molecule has 0 fully saturated rings. The first-order valence-electron chi connectivity index (χ1n) is 9.84. The lowest BCUT2D eigenvalue weighted by atomic mass is 10.1. The molecular weight excluding hydrogens is 457 g/mol. The minimum absolute atomic E-state index is 0.164. The van der Waals surface area contributed by atoms with Crippen molar-refractivity contribution >= 4 is 46.6 Å². The van der Waals surface area contributed by atoms with Gasteiger partial charge in [0.1, 0.15) is 6.54 Å². The van der Waals surface area contributed by atoms with Gasteiger partial charge < -0.3 is 25.0 Å². The summed E-state index contributed by atoms with van der Waals surface area (Å²) in [5.74, 6) is -0.416. The second-order valence-corrected chi connectivity index (χ2v) is 7.57. The van der Waals surface area contributed by atoms with E-state index in [0.29, 0.717) is 45.8 Å². The Morgan fingerprint density at radius 2 is 1.78 bits per heavy atom. The summed E-state index contributed by atoms with van der Waals surface area (Å²) < 4.78 is 10.7. The molecule has 2 N–H and O–H groups in total. The molecule has 172 valence electrons. The zero-order chi connectivity index (χ0) is 23.7. The van der Waals surface area contributed by atoms with E-state index in [0.717, 1.165) is 0 Å². The maximum absolute atomic E-state index is 13.1. The molecule has 2 aromatic rings. The van der Waals surface area contributed by atoms with Crippen LogP contribution in [0.2, 0.25) is 10.0 Å². The molecule has 0 aromatic heterocycles. The molecule has 0 spiro atoms. The van der Waals surface area contributed by atoms with Gasteiger partial charge in [-0.2, -0.15) is 0 Å². The fourth-order valence-corrected chi connectivity index (χ4v) is 3.25. The van der Waals surface area contributed by atoms with Crippen LogP contribution in [0.3, 0.4) is 0 Å². The normalized spacial score (nSPS) is 10.3. The third kappa shape index (κ3) is 7.03. The average Bonchev–Trinajstić information content (AvgIpc) is 2.78. The van der Waals surface area contributed by atoms with Crippen molar-refractivity contribution in [1.29, 1.82) is 0 Å². The summed E-state index contributed by atoms with van der Waals surface area (Å²) in [5.41, 5.74) is 0.726. The molecule has 0 aliphatic heterocycles. The summed E-state index contributed by atoms with van der Waals surface area (Å²) in [6, 6.07) is 9.34. The van der Waals surface area contributed by atoms with Crippen molar-refractivity contribution in [2.45, 2.75) is 13.3 Å². The predicted molar refractivity (Wildman–Crippen MR) is 124 cm³/mol. The highest BCUT2D eigenvalue weighted by Gasteiger charge is 2.20. The fraction of sp³-hybridized carbons (Fsp3) is 0.318. The lowest BCUT2D eigenvalue weighted by Gasteiger charge is -2.22. The van der Waals surface area contributed by atoms with E-state index in [9.17, 15) is 14.4 Å². The summed E-state index contributed by atoms with van der Waals surface area (Å²) in [6.45, 7) is 1.93. The van der Waals surface area contributed by atoms with Crippen molar-refractivity contribution in [3.63, 3.8) is 0 Å². The van der Waals surface area contributed by atoms with Crippen LogP contribution in [-0.4, -0.2) is 56.5 Å². The first kappa shape index (κ1) is 25.3. The number of rotatable bonds is 10. The number of benzene rings is 2. The van der Waals surface area contributed by atoms with E-state index in [1.165, 1.54) is 31.2 Å². The Bertz CT molecular complexity index is 984. The number of carbonyl (C=O) groups is 3. The number of ether oxygens (including phenoxy) is 2. The Balaban J connectivity index is 2.14. The molecule has 0 radical (unpaired) electrons. The number of hydrogen-bond donors (Lipinski definition) is 2. The van der Waals surface area contributed by atoms with Crippen LogP contribution in [0.5, 0.6) is 11.5 Å². The minimum Gasteiger partial charge on any atom is -0.493 e. The van der Waals surface area contributed by atoms with Crippen molar-refractivity contribution in [2.75, 3.05) is 39.2 Å². The van der Waals surface area contributed by atoms with E-state index >= 15 is 0 Å². The van der Waals surface area contributed by atoms with Crippen molar-refractivity contribution in [3.8, 4) is 11.5 Å². The molecule has 2 rings (SSSR count). The highest BCUT2D eigenvalue weighted by atomic mass is 35.5. The SMILES string of the molecule is CCCN(CC(=O)Nc1ccc(Cl)cc1Cl)C(=O)c1ccc(OCC(=O)NC)c(OC)c1. The summed E-state index contributed by atoms with van der Waals surface area (Å²) in [5, 5.41) is 5.90. The Labute approximate surface area is 196 Å². The van der Waals surface area contributed by atoms with Crippen LogP contribution in [0.4, 0.5) is 5.69 Å². The van der Waals surface area contributed by atoms with Gasteiger partial charge in [-0.15, -0.1) is 0 Å².